The van der Waals surface area contributed by atoms with E-state index in [9.17, 15) is 0 Å². The molecule has 0 amide bonds. The number of nitrogens with zero attached hydrogens (tertiary/aromatic N) is 4. The molecule has 0 fully saturated rings. The van der Waals surface area contributed by atoms with Gasteiger partial charge in [-0.2, -0.15) is 5.10 Å². The van der Waals surface area contributed by atoms with Crippen molar-refractivity contribution in [3.05, 3.63) is 34.1 Å². The zero-order chi connectivity index (χ0) is 13.8. The van der Waals surface area contributed by atoms with Crippen molar-refractivity contribution >= 4 is 15.9 Å². The topological polar surface area (TPSA) is 47.7 Å². The third-order valence-corrected chi connectivity index (χ3v) is 4.22. The molecule has 0 aliphatic heterocycles. The molecule has 2 heterocycles. The average molecular weight is 326 g/mol. The molecule has 19 heavy (non-hydrogen) atoms. The van der Waals surface area contributed by atoms with Crippen LogP contribution < -0.4 is 5.32 Å². The van der Waals surface area contributed by atoms with Gasteiger partial charge in [-0.1, -0.05) is 0 Å². The Kier molecular flexibility index (Phi) is 4.76. The van der Waals surface area contributed by atoms with E-state index in [1.54, 1.807) is 0 Å². The number of aromatic nitrogens is 4. The maximum absolute atomic E-state index is 4.48. The molecular formula is C13H20BrN5. The maximum atomic E-state index is 4.48. The standard InChI is InChI=1S/C13H20BrN5/c1-4-19-11(13(14)10(2)17-19)9-15-6-5-12-16-7-8-18(12)3/h7-8,15H,4-6,9H2,1-3H3. The summed E-state index contributed by atoms with van der Waals surface area (Å²) in [6.45, 7) is 6.75. The lowest BCUT2D eigenvalue weighted by Crippen LogP contribution is -2.20. The zero-order valence-electron chi connectivity index (χ0n) is 11.6. The van der Waals surface area contributed by atoms with E-state index in [2.05, 4.69) is 42.8 Å². The molecule has 2 rings (SSSR count). The van der Waals surface area contributed by atoms with Crippen LogP contribution in [0, 0.1) is 6.92 Å². The summed E-state index contributed by atoms with van der Waals surface area (Å²) in [5, 5.41) is 7.94. The van der Waals surface area contributed by atoms with Crippen molar-refractivity contribution in [3.63, 3.8) is 0 Å². The Morgan fingerprint density at radius 1 is 1.42 bits per heavy atom. The van der Waals surface area contributed by atoms with Crippen LogP contribution in [0.2, 0.25) is 0 Å². The van der Waals surface area contributed by atoms with Crippen molar-refractivity contribution in [2.24, 2.45) is 7.05 Å². The quantitative estimate of drug-likeness (QED) is 0.827. The van der Waals surface area contributed by atoms with E-state index in [1.165, 1.54) is 5.69 Å². The molecule has 2 aromatic rings. The highest BCUT2D eigenvalue weighted by molar-refractivity contribution is 9.10. The van der Waals surface area contributed by atoms with Crippen molar-refractivity contribution in [1.82, 2.24) is 24.6 Å². The molecule has 0 aliphatic rings. The summed E-state index contributed by atoms with van der Waals surface area (Å²) in [7, 11) is 2.02. The Labute approximate surface area is 122 Å². The smallest absolute Gasteiger partial charge is 0.109 e. The van der Waals surface area contributed by atoms with Crippen LogP contribution in [0.3, 0.4) is 0 Å². The fourth-order valence-electron chi connectivity index (χ4n) is 2.08. The van der Waals surface area contributed by atoms with E-state index < -0.39 is 0 Å². The molecular weight excluding hydrogens is 306 g/mol. The second-order valence-electron chi connectivity index (χ2n) is 4.54. The molecule has 0 saturated heterocycles. The number of hydrogen-bond acceptors (Lipinski definition) is 3. The highest BCUT2D eigenvalue weighted by atomic mass is 79.9. The van der Waals surface area contributed by atoms with E-state index in [0.29, 0.717) is 0 Å². The van der Waals surface area contributed by atoms with Crippen LogP contribution in [0.4, 0.5) is 0 Å². The summed E-state index contributed by atoms with van der Waals surface area (Å²) >= 11 is 3.60. The van der Waals surface area contributed by atoms with E-state index in [0.717, 1.165) is 42.0 Å². The molecule has 0 unspecified atom stereocenters. The molecule has 0 aliphatic carbocycles. The second kappa shape index (κ2) is 6.34. The van der Waals surface area contributed by atoms with Crippen LogP contribution in [0.1, 0.15) is 24.1 Å². The summed E-state index contributed by atoms with van der Waals surface area (Å²) in [5.41, 5.74) is 2.25. The zero-order valence-corrected chi connectivity index (χ0v) is 13.2. The molecule has 0 aromatic carbocycles. The summed E-state index contributed by atoms with van der Waals surface area (Å²) in [6.07, 6.45) is 4.74. The first-order chi connectivity index (χ1) is 9.13. The lowest BCUT2D eigenvalue weighted by Gasteiger charge is -2.07. The number of rotatable bonds is 6. The average Bonchev–Trinajstić information content (AvgIpc) is 2.92. The molecule has 2 aromatic heterocycles. The molecule has 6 heteroatoms. The Bertz CT molecular complexity index is 543. The Hall–Kier alpha value is -1.14. The SMILES string of the molecule is CCn1nc(C)c(Br)c1CNCCc1nccn1C. The van der Waals surface area contributed by atoms with Crippen LogP contribution in [-0.2, 0) is 26.6 Å². The predicted molar refractivity (Wildman–Crippen MR) is 79.0 cm³/mol. The first-order valence-electron chi connectivity index (χ1n) is 6.52. The third kappa shape index (κ3) is 3.25. The van der Waals surface area contributed by atoms with Gasteiger partial charge in [0.15, 0.2) is 0 Å². The minimum absolute atomic E-state index is 0.819. The van der Waals surface area contributed by atoms with Crippen molar-refractivity contribution in [1.29, 1.82) is 0 Å². The van der Waals surface area contributed by atoms with Gasteiger partial charge in [-0.3, -0.25) is 4.68 Å². The molecule has 0 atom stereocenters. The van der Waals surface area contributed by atoms with Crippen LogP contribution in [-0.4, -0.2) is 25.9 Å². The minimum Gasteiger partial charge on any atom is -0.338 e. The lowest BCUT2D eigenvalue weighted by atomic mass is 10.3. The molecule has 104 valence electrons. The number of aryl methyl sites for hydroxylation is 3. The maximum Gasteiger partial charge on any atom is 0.109 e. The first kappa shape index (κ1) is 14.3. The summed E-state index contributed by atoms with van der Waals surface area (Å²) in [6, 6.07) is 0. The molecule has 5 nitrogen and oxygen atoms in total. The Morgan fingerprint density at radius 2 is 2.21 bits per heavy atom. The highest BCUT2D eigenvalue weighted by Gasteiger charge is 2.11. The van der Waals surface area contributed by atoms with Gasteiger partial charge in [0.1, 0.15) is 5.82 Å². The van der Waals surface area contributed by atoms with Crippen LogP contribution in [0.25, 0.3) is 0 Å². The van der Waals surface area contributed by atoms with E-state index in [4.69, 9.17) is 0 Å². The van der Waals surface area contributed by atoms with Gasteiger partial charge in [-0.15, -0.1) is 0 Å². The van der Waals surface area contributed by atoms with Gasteiger partial charge < -0.3 is 9.88 Å². The number of hydrogen-bond donors (Lipinski definition) is 1. The van der Waals surface area contributed by atoms with Gasteiger partial charge in [0.25, 0.3) is 0 Å². The summed E-state index contributed by atoms with van der Waals surface area (Å²) in [5.74, 6) is 1.10. The first-order valence-corrected chi connectivity index (χ1v) is 7.31. The fraction of sp³-hybridized carbons (Fsp3) is 0.538. The van der Waals surface area contributed by atoms with Crippen LogP contribution in [0.5, 0.6) is 0 Å². The third-order valence-electron chi connectivity index (χ3n) is 3.19. The van der Waals surface area contributed by atoms with E-state index in [1.807, 2.05) is 31.0 Å². The molecule has 0 bridgehead atoms. The van der Waals surface area contributed by atoms with Crippen molar-refractivity contribution < 1.29 is 0 Å². The largest absolute Gasteiger partial charge is 0.338 e. The normalized spacial score (nSPS) is 11.2. The number of imidazole rings is 1. The van der Waals surface area contributed by atoms with Gasteiger partial charge in [0.05, 0.1) is 15.9 Å². The molecule has 0 spiro atoms. The fourth-order valence-corrected chi connectivity index (χ4v) is 2.51. The van der Waals surface area contributed by atoms with Gasteiger partial charge in [-0.25, -0.2) is 4.98 Å². The second-order valence-corrected chi connectivity index (χ2v) is 5.34. The Morgan fingerprint density at radius 3 is 2.84 bits per heavy atom. The van der Waals surface area contributed by atoms with Gasteiger partial charge in [-0.05, 0) is 29.8 Å². The highest BCUT2D eigenvalue weighted by Crippen LogP contribution is 2.20. The van der Waals surface area contributed by atoms with Crippen LogP contribution >= 0.6 is 15.9 Å². The van der Waals surface area contributed by atoms with Gasteiger partial charge in [0.2, 0.25) is 0 Å². The van der Waals surface area contributed by atoms with E-state index >= 15 is 0 Å². The number of nitrogens with one attached hydrogen (secondary N) is 1. The van der Waals surface area contributed by atoms with Crippen molar-refractivity contribution in [2.75, 3.05) is 6.54 Å². The molecule has 1 N–H and O–H groups in total. The molecule has 0 saturated carbocycles. The predicted octanol–water partition coefficient (Wildman–Crippen LogP) is 2.04. The monoisotopic (exact) mass is 325 g/mol. The van der Waals surface area contributed by atoms with Gasteiger partial charge in [0, 0.05) is 45.5 Å². The van der Waals surface area contributed by atoms with Gasteiger partial charge >= 0.3 is 0 Å². The number of halogens is 1. The van der Waals surface area contributed by atoms with E-state index in [-0.39, 0.29) is 0 Å². The van der Waals surface area contributed by atoms with Crippen molar-refractivity contribution in [3.8, 4) is 0 Å². The summed E-state index contributed by atoms with van der Waals surface area (Å²) in [4.78, 5) is 4.31. The Balaban J connectivity index is 1.88. The minimum atomic E-state index is 0.819. The summed E-state index contributed by atoms with van der Waals surface area (Å²) < 4.78 is 5.20. The molecule has 0 radical (unpaired) electrons. The van der Waals surface area contributed by atoms with Crippen LogP contribution in [0.15, 0.2) is 16.9 Å². The van der Waals surface area contributed by atoms with Crippen molar-refractivity contribution in [2.45, 2.75) is 33.4 Å². The lowest BCUT2D eigenvalue weighted by molar-refractivity contribution is 0.573.